The number of aromatic nitrogens is 2. The second-order valence-corrected chi connectivity index (χ2v) is 6.34. The average molecular weight is 312 g/mol. The summed E-state index contributed by atoms with van der Waals surface area (Å²) in [5.74, 6) is -0.0892. The molecule has 3 N–H and O–H groups in total. The number of benzene rings is 1. The summed E-state index contributed by atoms with van der Waals surface area (Å²) < 4.78 is 0. The van der Waals surface area contributed by atoms with Crippen LogP contribution in [0.1, 0.15) is 44.0 Å². The van der Waals surface area contributed by atoms with E-state index >= 15 is 0 Å². The lowest BCUT2D eigenvalue weighted by molar-refractivity contribution is 0.0948. The van der Waals surface area contributed by atoms with Crippen LogP contribution in [0, 0.1) is 20.8 Å². The van der Waals surface area contributed by atoms with Crippen LogP contribution in [-0.4, -0.2) is 29.2 Å². The Morgan fingerprint density at radius 3 is 2.74 bits per heavy atom. The summed E-state index contributed by atoms with van der Waals surface area (Å²) in [6, 6.07) is 4.39. The first-order chi connectivity index (χ1) is 11.1. The maximum Gasteiger partial charge on any atom is 0.272 e. The molecule has 0 radical (unpaired) electrons. The van der Waals surface area contributed by atoms with Crippen LogP contribution in [0.3, 0.4) is 0 Å². The van der Waals surface area contributed by atoms with Gasteiger partial charge >= 0.3 is 0 Å². The van der Waals surface area contributed by atoms with Gasteiger partial charge in [-0.05, 0) is 43.9 Å². The molecular formula is C18H24N4O. The molecule has 3 rings (SSSR count). The van der Waals surface area contributed by atoms with Crippen LogP contribution < -0.4 is 10.6 Å². The number of hydrogen-bond donors (Lipinski definition) is 3. The van der Waals surface area contributed by atoms with Crippen LogP contribution in [-0.2, 0) is 19.4 Å². The summed E-state index contributed by atoms with van der Waals surface area (Å²) >= 11 is 0. The Balaban J connectivity index is 1.63. The maximum absolute atomic E-state index is 12.4. The molecule has 0 bridgehead atoms. The maximum atomic E-state index is 12.4. The van der Waals surface area contributed by atoms with Crippen LogP contribution >= 0.6 is 0 Å². The minimum absolute atomic E-state index is 0.0892. The predicted octanol–water partition coefficient (Wildman–Crippen LogP) is 1.95. The van der Waals surface area contributed by atoms with Gasteiger partial charge in [0, 0.05) is 37.3 Å². The lowest BCUT2D eigenvalue weighted by Crippen LogP contribution is -2.29. The molecule has 23 heavy (non-hydrogen) atoms. The molecule has 0 unspecified atom stereocenters. The molecule has 1 aromatic carbocycles. The van der Waals surface area contributed by atoms with Gasteiger partial charge in [0.1, 0.15) is 0 Å². The van der Waals surface area contributed by atoms with E-state index in [1.54, 1.807) is 0 Å². The first-order valence-corrected chi connectivity index (χ1v) is 8.18. The van der Waals surface area contributed by atoms with Gasteiger partial charge in [-0.25, -0.2) is 0 Å². The summed E-state index contributed by atoms with van der Waals surface area (Å²) in [6.45, 7) is 8.64. The Labute approximate surface area is 136 Å². The van der Waals surface area contributed by atoms with Crippen molar-refractivity contribution < 1.29 is 4.79 Å². The zero-order valence-electron chi connectivity index (χ0n) is 14.0. The minimum Gasteiger partial charge on any atom is -0.350 e. The molecule has 0 spiro atoms. The molecule has 2 aromatic rings. The fourth-order valence-electron chi connectivity index (χ4n) is 3.40. The Morgan fingerprint density at radius 2 is 2.00 bits per heavy atom. The van der Waals surface area contributed by atoms with E-state index in [-0.39, 0.29) is 5.91 Å². The molecule has 0 saturated heterocycles. The number of nitrogens with zero attached hydrogens (tertiary/aromatic N) is 1. The highest BCUT2D eigenvalue weighted by atomic mass is 16.1. The Hall–Kier alpha value is -2.14. The van der Waals surface area contributed by atoms with Gasteiger partial charge in [0.05, 0.1) is 0 Å². The second kappa shape index (κ2) is 6.54. The van der Waals surface area contributed by atoms with Crippen LogP contribution in [0.25, 0.3) is 0 Å². The molecule has 122 valence electrons. The van der Waals surface area contributed by atoms with Gasteiger partial charge in [0.2, 0.25) is 0 Å². The van der Waals surface area contributed by atoms with Gasteiger partial charge in [-0.3, -0.25) is 9.89 Å². The van der Waals surface area contributed by atoms with E-state index in [1.165, 1.54) is 22.3 Å². The number of amides is 1. The first kappa shape index (κ1) is 15.7. The summed E-state index contributed by atoms with van der Waals surface area (Å²) in [7, 11) is 0. The van der Waals surface area contributed by atoms with Crippen molar-refractivity contribution in [1.82, 2.24) is 20.8 Å². The number of aryl methyl sites for hydroxylation is 3. The third kappa shape index (κ3) is 3.29. The average Bonchev–Trinajstić information content (AvgIpc) is 2.93. The van der Waals surface area contributed by atoms with E-state index in [0.29, 0.717) is 18.8 Å². The number of rotatable bonds is 4. The van der Waals surface area contributed by atoms with Gasteiger partial charge in [-0.1, -0.05) is 17.7 Å². The number of nitrogens with one attached hydrogen (secondary N) is 3. The molecule has 1 aliphatic heterocycles. The molecule has 0 aliphatic carbocycles. The third-order valence-electron chi connectivity index (χ3n) is 4.52. The molecule has 1 amide bonds. The number of hydrogen-bond acceptors (Lipinski definition) is 3. The zero-order chi connectivity index (χ0) is 16.4. The summed E-state index contributed by atoms with van der Waals surface area (Å²) in [4.78, 5) is 12.4. The van der Waals surface area contributed by atoms with Crippen LogP contribution in [0.5, 0.6) is 0 Å². The van der Waals surface area contributed by atoms with Crippen molar-refractivity contribution >= 4 is 5.91 Å². The van der Waals surface area contributed by atoms with Gasteiger partial charge in [0.15, 0.2) is 5.69 Å². The topological polar surface area (TPSA) is 69.8 Å². The number of carbonyl (C=O) groups is 1. The van der Waals surface area contributed by atoms with Crippen molar-refractivity contribution in [1.29, 1.82) is 0 Å². The number of aromatic amines is 1. The molecule has 2 heterocycles. The van der Waals surface area contributed by atoms with E-state index < -0.39 is 0 Å². The van der Waals surface area contributed by atoms with Crippen molar-refractivity contribution in [2.75, 3.05) is 13.1 Å². The van der Waals surface area contributed by atoms with E-state index in [4.69, 9.17) is 0 Å². The summed E-state index contributed by atoms with van der Waals surface area (Å²) in [5, 5.41) is 13.5. The van der Waals surface area contributed by atoms with Crippen molar-refractivity contribution in [3.63, 3.8) is 0 Å². The fourth-order valence-corrected chi connectivity index (χ4v) is 3.40. The minimum atomic E-state index is -0.0892. The Morgan fingerprint density at radius 1 is 1.26 bits per heavy atom. The van der Waals surface area contributed by atoms with Gasteiger partial charge in [-0.2, -0.15) is 5.10 Å². The molecule has 1 aliphatic rings. The van der Waals surface area contributed by atoms with Crippen LogP contribution in [0.15, 0.2) is 12.1 Å². The highest BCUT2D eigenvalue weighted by Gasteiger charge is 2.21. The molecule has 1 aromatic heterocycles. The number of carbonyl (C=O) groups excluding carboxylic acids is 1. The monoisotopic (exact) mass is 312 g/mol. The van der Waals surface area contributed by atoms with Crippen LogP contribution in [0.4, 0.5) is 0 Å². The van der Waals surface area contributed by atoms with Gasteiger partial charge in [0.25, 0.3) is 5.91 Å². The van der Waals surface area contributed by atoms with Crippen molar-refractivity contribution in [3.05, 3.63) is 51.3 Å². The molecular weight excluding hydrogens is 288 g/mol. The molecule has 5 nitrogen and oxygen atoms in total. The molecule has 0 fully saturated rings. The zero-order valence-corrected chi connectivity index (χ0v) is 14.0. The third-order valence-corrected chi connectivity index (χ3v) is 4.52. The Kier molecular flexibility index (Phi) is 4.48. The standard InChI is InChI=1S/C18H24N4O/c1-11-8-12(2)14(13(3)9-11)4-7-20-18(23)17-15-10-19-6-5-16(15)21-22-17/h8-9,19H,4-7,10H2,1-3H3,(H,20,23)(H,21,22). The SMILES string of the molecule is Cc1cc(C)c(CCNC(=O)c2n[nH]c3c2CNCC3)c(C)c1. The summed E-state index contributed by atoms with van der Waals surface area (Å²) in [6.07, 6.45) is 1.74. The fraction of sp³-hybridized carbons (Fsp3) is 0.444. The highest BCUT2D eigenvalue weighted by molar-refractivity contribution is 5.94. The largest absolute Gasteiger partial charge is 0.350 e. The first-order valence-electron chi connectivity index (χ1n) is 8.18. The van der Waals surface area contributed by atoms with E-state index in [2.05, 4.69) is 53.7 Å². The molecule has 0 atom stereocenters. The van der Waals surface area contributed by atoms with Crippen LogP contribution in [0.2, 0.25) is 0 Å². The number of H-pyrrole nitrogens is 1. The van der Waals surface area contributed by atoms with E-state index in [1.807, 2.05) is 0 Å². The Bertz CT molecular complexity index is 710. The highest BCUT2D eigenvalue weighted by Crippen LogP contribution is 2.17. The van der Waals surface area contributed by atoms with Gasteiger partial charge < -0.3 is 10.6 Å². The lowest BCUT2D eigenvalue weighted by Gasteiger charge is -2.14. The predicted molar refractivity (Wildman–Crippen MR) is 90.7 cm³/mol. The smallest absolute Gasteiger partial charge is 0.272 e. The van der Waals surface area contributed by atoms with Crippen molar-refractivity contribution in [2.24, 2.45) is 0 Å². The number of fused-ring (bicyclic) bond motifs is 1. The molecule has 5 heteroatoms. The van der Waals surface area contributed by atoms with E-state index in [0.717, 1.165) is 30.6 Å². The lowest BCUT2D eigenvalue weighted by atomic mass is 9.97. The second-order valence-electron chi connectivity index (χ2n) is 6.34. The van der Waals surface area contributed by atoms with E-state index in [9.17, 15) is 4.79 Å². The van der Waals surface area contributed by atoms with Crippen molar-refractivity contribution in [2.45, 2.75) is 40.2 Å². The molecule has 0 saturated carbocycles. The summed E-state index contributed by atoms with van der Waals surface area (Å²) in [5.41, 5.74) is 7.81. The quantitative estimate of drug-likeness (QED) is 0.808. The van der Waals surface area contributed by atoms with Crippen molar-refractivity contribution in [3.8, 4) is 0 Å². The normalized spacial score (nSPS) is 13.7. The van der Waals surface area contributed by atoms with Gasteiger partial charge in [-0.15, -0.1) is 0 Å².